The number of hydrogen-bond donors (Lipinski definition) is 2. The molecule has 0 fully saturated rings. The molecule has 1 aromatic rings. The van der Waals surface area contributed by atoms with Crippen LogP contribution in [0.4, 0.5) is 0 Å². The van der Waals surface area contributed by atoms with E-state index in [9.17, 15) is 0 Å². The normalized spacial score (nSPS) is 9.33. The maximum atomic E-state index is 8.64. The van der Waals surface area contributed by atoms with Gasteiger partial charge in [0.05, 0.1) is 13.2 Å². The van der Waals surface area contributed by atoms with Crippen molar-refractivity contribution in [1.29, 1.82) is 0 Å². The van der Waals surface area contributed by atoms with Crippen molar-refractivity contribution in [3.8, 4) is 0 Å². The van der Waals surface area contributed by atoms with Gasteiger partial charge >= 0.3 is 0 Å². The van der Waals surface area contributed by atoms with Crippen molar-refractivity contribution in [2.45, 2.75) is 27.1 Å². The molecule has 0 saturated carbocycles. The minimum Gasteiger partial charge on any atom is -0.392 e. The zero-order valence-corrected chi connectivity index (χ0v) is 9.44. The smallest absolute Gasteiger partial charge is 0.0681 e. The van der Waals surface area contributed by atoms with Crippen LogP contribution < -0.4 is 0 Å². The number of ether oxygens (including phenoxy) is 1. The molecule has 0 radical (unpaired) electrons. The lowest BCUT2D eigenvalue weighted by atomic mass is 10.1. The lowest BCUT2D eigenvalue weighted by Gasteiger charge is -1.96. The highest BCUT2D eigenvalue weighted by atomic mass is 16.5. The summed E-state index contributed by atoms with van der Waals surface area (Å²) in [6.07, 6.45) is 0. The van der Waals surface area contributed by atoms with Crippen LogP contribution in [0.1, 0.15) is 25.0 Å². The van der Waals surface area contributed by atoms with Crippen molar-refractivity contribution < 1.29 is 14.9 Å². The van der Waals surface area contributed by atoms with Gasteiger partial charge in [-0.25, -0.2) is 0 Å². The van der Waals surface area contributed by atoms with E-state index in [-0.39, 0.29) is 13.2 Å². The second-order valence-electron chi connectivity index (χ2n) is 2.91. The van der Waals surface area contributed by atoms with Crippen molar-refractivity contribution in [3.05, 3.63) is 35.4 Å². The van der Waals surface area contributed by atoms with E-state index in [1.54, 1.807) is 24.3 Å². The molecule has 3 nitrogen and oxygen atoms in total. The van der Waals surface area contributed by atoms with E-state index in [0.717, 1.165) is 24.3 Å². The molecule has 1 aromatic carbocycles. The topological polar surface area (TPSA) is 49.7 Å². The molecule has 1 rings (SSSR count). The fourth-order valence-electron chi connectivity index (χ4n) is 0.954. The summed E-state index contributed by atoms with van der Waals surface area (Å²) in [6.45, 7) is 5.79. The second kappa shape index (κ2) is 9.65. The third-order valence-electron chi connectivity index (χ3n) is 1.80. The Morgan fingerprint density at radius 1 is 0.867 bits per heavy atom. The number of aliphatic hydroxyl groups is 2. The molecule has 0 unspecified atom stereocenters. The van der Waals surface area contributed by atoms with E-state index in [0.29, 0.717) is 0 Å². The molecule has 0 aliphatic heterocycles. The number of aliphatic hydroxyl groups excluding tert-OH is 2. The van der Waals surface area contributed by atoms with Gasteiger partial charge < -0.3 is 14.9 Å². The van der Waals surface area contributed by atoms with Gasteiger partial charge in [-0.15, -0.1) is 0 Å². The molecular formula is C12H20O3. The Labute approximate surface area is 91.3 Å². The Balaban J connectivity index is 0.000000336. The quantitative estimate of drug-likeness (QED) is 0.799. The van der Waals surface area contributed by atoms with Gasteiger partial charge in [-0.3, -0.25) is 0 Å². The summed E-state index contributed by atoms with van der Waals surface area (Å²) >= 11 is 0. The van der Waals surface area contributed by atoms with Crippen molar-refractivity contribution in [1.82, 2.24) is 0 Å². The maximum Gasteiger partial charge on any atom is 0.0681 e. The summed E-state index contributed by atoms with van der Waals surface area (Å²) in [4.78, 5) is 0. The Hall–Kier alpha value is -0.900. The van der Waals surface area contributed by atoms with Gasteiger partial charge in [-0.05, 0) is 25.0 Å². The van der Waals surface area contributed by atoms with E-state index in [1.165, 1.54) is 0 Å². The van der Waals surface area contributed by atoms with Crippen LogP contribution in [0, 0.1) is 0 Å². The van der Waals surface area contributed by atoms with Crippen LogP contribution >= 0.6 is 0 Å². The summed E-state index contributed by atoms with van der Waals surface area (Å²) in [5.41, 5.74) is 1.74. The van der Waals surface area contributed by atoms with Gasteiger partial charge in [0.25, 0.3) is 0 Å². The molecular weight excluding hydrogens is 192 g/mol. The van der Waals surface area contributed by atoms with E-state index in [1.807, 2.05) is 13.8 Å². The highest BCUT2D eigenvalue weighted by Crippen LogP contribution is 2.03. The minimum absolute atomic E-state index is 0.0612. The van der Waals surface area contributed by atoms with Crippen molar-refractivity contribution >= 4 is 0 Å². The number of hydrogen-bond acceptors (Lipinski definition) is 3. The fraction of sp³-hybridized carbons (Fsp3) is 0.500. The third-order valence-corrected chi connectivity index (χ3v) is 1.80. The van der Waals surface area contributed by atoms with E-state index in [2.05, 4.69) is 0 Å². The summed E-state index contributed by atoms with van der Waals surface area (Å²) < 4.78 is 4.83. The molecule has 2 N–H and O–H groups in total. The van der Waals surface area contributed by atoms with Gasteiger partial charge in [-0.2, -0.15) is 0 Å². The first-order valence-corrected chi connectivity index (χ1v) is 5.15. The zero-order valence-electron chi connectivity index (χ0n) is 9.44. The largest absolute Gasteiger partial charge is 0.392 e. The van der Waals surface area contributed by atoms with Gasteiger partial charge in [0, 0.05) is 13.2 Å². The lowest BCUT2D eigenvalue weighted by molar-refractivity contribution is 0.162. The molecule has 0 aliphatic rings. The Morgan fingerprint density at radius 2 is 1.20 bits per heavy atom. The second-order valence-corrected chi connectivity index (χ2v) is 2.91. The van der Waals surface area contributed by atoms with Crippen LogP contribution in [0.15, 0.2) is 24.3 Å². The molecule has 86 valence electrons. The van der Waals surface area contributed by atoms with Gasteiger partial charge in [0.1, 0.15) is 0 Å². The molecule has 0 heterocycles. The first kappa shape index (κ1) is 14.1. The van der Waals surface area contributed by atoms with Gasteiger partial charge in [0.15, 0.2) is 0 Å². The molecule has 0 atom stereocenters. The summed E-state index contributed by atoms with van der Waals surface area (Å²) in [5.74, 6) is 0. The van der Waals surface area contributed by atoms with Crippen molar-refractivity contribution in [3.63, 3.8) is 0 Å². The third kappa shape index (κ3) is 7.08. The summed E-state index contributed by atoms with van der Waals surface area (Å²) in [7, 11) is 0. The average Bonchev–Trinajstić information content (AvgIpc) is 2.31. The zero-order chi connectivity index (χ0) is 11.5. The molecule has 15 heavy (non-hydrogen) atoms. The SMILES string of the molecule is CCOCC.OCc1ccc(CO)cc1. The van der Waals surface area contributed by atoms with Crippen LogP contribution in [0.2, 0.25) is 0 Å². The molecule has 0 bridgehead atoms. The summed E-state index contributed by atoms with van der Waals surface area (Å²) in [5, 5.41) is 17.3. The monoisotopic (exact) mass is 212 g/mol. The highest BCUT2D eigenvalue weighted by Gasteiger charge is 1.89. The van der Waals surface area contributed by atoms with Crippen molar-refractivity contribution in [2.24, 2.45) is 0 Å². The molecule has 0 spiro atoms. The van der Waals surface area contributed by atoms with Crippen LogP contribution in [0.5, 0.6) is 0 Å². The Bertz CT molecular complexity index is 206. The predicted octanol–water partition coefficient (Wildman–Crippen LogP) is 1.71. The van der Waals surface area contributed by atoms with Gasteiger partial charge in [0.2, 0.25) is 0 Å². The van der Waals surface area contributed by atoms with Crippen LogP contribution in [0.25, 0.3) is 0 Å². The van der Waals surface area contributed by atoms with E-state index in [4.69, 9.17) is 14.9 Å². The van der Waals surface area contributed by atoms with Crippen LogP contribution in [-0.2, 0) is 18.0 Å². The Morgan fingerprint density at radius 3 is 1.33 bits per heavy atom. The van der Waals surface area contributed by atoms with E-state index < -0.39 is 0 Å². The summed E-state index contributed by atoms with van der Waals surface area (Å²) in [6, 6.07) is 7.19. The molecule has 0 aliphatic carbocycles. The maximum absolute atomic E-state index is 8.64. The number of benzene rings is 1. The first-order valence-electron chi connectivity index (χ1n) is 5.15. The standard InChI is InChI=1S/C8H10O2.C4H10O/c9-5-7-1-2-8(6-10)4-3-7;1-3-5-4-2/h1-4,9-10H,5-6H2;3-4H2,1-2H3. The number of rotatable bonds is 4. The molecule has 0 saturated heterocycles. The van der Waals surface area contributed by atoms with Crippen LogP contribution in [0.3, 0.4) is 0 Å². The fourth-order valence-corrected chi connectivity index (χ4v) is 0.954. The van der Waals surface area contributed by atoms with Crippen LogP contribution in [-0.4, -0.2) is 23.4 Å². The predicted molar refractivity (Wildman–Crippen MR) is 60.5 cm³/mol. The first-order chi connectivity index (χ1) is 7.28. The molecule has 0 aromatic heterocycles. The average molecular weight is 212 g/mol. The highest BCUT2D eigenvalue weighted by molar-refractivity contribution is 5.21. The molecule has 0 amide bonds. The van der Waals surface area contributed by atoms with Gasteiger partial charge in [-0.1, -0.05) is 24.3 Å². The Kier molecular flexibility index (Phi) is 9.07. The van der Waals surface area contributed by atoms with E-state index >= 15 is 0 Å². The van der Waals surface area contributed by atoms with Crippen molar-refractivity contribution in [2.75, 3.05) is 13.2 Å². The molecule has 3 heteroatoms. The lowest BCUT2D eigenvalue weighted by Crippen LogP contribution is -1.85. The minimum atomic E-state index is 0.0612.